The second kappa shape index (κ2) is 7.49. The molecule has 2 atom stereocenters. The molecule has 0 saturated carbocycles. The average Bonchev–Trinajstić information content (AvgIpc) is 1.97. The highest BCUT2D eigenvalue weighted by Gasteiger charge is 2.15. The Balaban J connectivity index is 0. The predicted octanol–water partition coefficient (Wildman–Crippen LogP) is 2.58. The van der Waals surface area contributed by atoms with E-state index in [1.165, 1.54) is 6.42 Å². The van der Waals surface area contributed by atoms with Crippen LogP contribution in [0.25, 0.3) is 0 Å². The van der Waals surface area contributed by atoms with Crippen molar-refractivity contribution in [2.45, 2.75) is 53.0 Å². The Hall–Kier alpha value is 0.210. The van der Waals surface area contributed by atoms with Gasteiger partial charge in [0, 0.05) is 6.04 Å². The van der Waals surface area contributed by atoms with Crippen molar-refractivity contribution in [3.63, 3.8) is 0 Å². The van der Waals surface area contributed by atoms with E-state index in [0.29, 0.717) is 11.3 Å². The van der Waals surface area contributed by atoms with Gasteiger partial charge in [-0.3, -0.25) is 0 Å². The molecule has 14 heavy (non-hydrogen) atoms. The van der Waals surface area contributed by atoms with Gasteiger partial charge in [-0.05, 0) is 30.6 Å². The topological polar surface area (TPSA) is 46.2 Å². The van der Waals surface area contributed by atoms with E-state index in [-0.39, 0.29) is 25.1 Å². The minimum Gasteiger partial charge on any atom is -0.395 e. The van der Waals surface area contributed by atoms with Gasteiger partial charge in [-0.2, -0.15) is 0 Å². The quantitative estimate of drug-likeness (QED) is 0.753. The molecule has 0 aliphatic rings. The lowest BCUT2D eigenvalue weighted by Crippen LogP contribution is -2.25. The summed E-state index contributed by atoms with van der Waals surface area (Å²) in [4.78, 5) is 0. The van der Waals surface area contributed by atoms with E-state index in [2.05, 4.69) is 27.7 Å². The molecule has 0 aromatic heterocycles. The van der Waals surface area contributed by atoms with E-state index in [0.717, 1.165) is 12.8 Å². The van der Waals surface area contributed by atoms with E-state index in [1.807, 2.05) is 0 Å². The number of hydrogen-bond acceptors (Lipinski definition) is 2. The molecule has 0 spiro atoms. The Morgan fingerprint density at radius 1 is 1.21 bits per heavy atom. The molecule has 0 saturated heterocycles. The standard InChI is InChI=1S/C11H25NO.ClH/c1-9(7-11(2,3)4)5-6-10(12)8-13;/h9-10,13H,5-8,12H2,1-4H3;1H. The molecule has 0 amide bonds. The first-order valence-corrected chi connectivity index (χ1v) is 5.21. The molecular weight excluding hydrogens is 198 g/mol. The lowest BCUT2D eigenvalue weighted by atomic mass is 9.83. The maximum absolute atomic E-state index is 8.76. The number of halogens is 1. The second-order valence-electron chi connectivity index (χ2n) is 5.39. The summed E-state index contributed by atoms with van der Waals surface area (Å²) in [5, 5.41) is 8.76. The average molecular weight is 224 g/mol. The molecule has 0 fully saturated rings. The Bertz CT molecular complexity index is 134. The van der Waals surface area contributed by atoms with Gasteiger partial charge in [0.2, 0.25) is 0 Å². The van der Waals surface area contributed by atoms with E-state index < -0.39 is 0 Å². The third kappa shape index (κ3) is 10.3. The zero-order valence-electron chi connectivity index (χ0n) is 9.92. The molecule has 0 aliphatic heterocycles. The summed E-state index contributed by atoms with van der Waals surface area (Å²) < 4.78 is 0. The first-order valence-electron chi connectivity index (χ1n) is 5.21. The van der Waals surface area contributed by atoms with Crippen LogP contribution in [0.15, 0.2) is 0 Å². The van der Waals surface area contributed by atoms with Crippen molar-refractivity contribution in [1.82, 2.24) is 0 Å². The van der Waals surface area contributed by atoms with Crippen molar-refractivity contribution < 1.29 is 5.11 Å². The van der Waals surface area contributed by atoms with Gasteiger partial charge >= 0.3 is 0 Å². The first-order chi connectivity index (χ1) is 5.85. The highest BCUT2D eigenvalue weighted by atomic mass is 35.5. The van der Waals surface area contributed by atoms with Gasteiger partial charge in [0.15, 0.2) is 0 Å². The molecule has 3 N–H and O–H groups in total. The van der Waals surface area contributed by atoms with E-state index >= 15 is 0 Å². The Labute approximate surface area is 94.7 Å². The van der Waals surface area contributed by atoms with Crippen LogP contribution in [-0.2, 0) is 0 Å². The van der Waals surface area contributed by atoms with E-state index in [1.54, 1.807) is 0 Å². The minimum absolute atomic E-state index is 0. The van der Waals surface area contributed by atoms with E-state index in [9.17, 15) is 0 Å². The summed E-state index contributed by atoms with van der Waals surface area (Å²) in [5.41, 5.74) is 6.04. The maximum atomic E-state index is 8.76. The molecule has 0 radical (unpaired) electrons. The monoisotopic (exact) mass is 223 g/mol. The molecule has 88 valence electrons. The summed E-state index contributed by atoms with van der Waals surface area (Å²) in [6, 6.07) is -0.0255. The summed E-state index contributed by atoms with van der Waals surface area (Å²) in [7, 11) is 0. The fourth-order valence-electron chi connectivity index (χ4n) is 1.74. The van der Waals surface area contributed by atoms with Gasteiger partial charge in [0.05, 0.1) is 6.61 Å². The molecule has 0 aliphatic carbocycles. The predicted molar refractivity (Wildman–Crippen MR) is 64.8 cm³/mol. The maximum Gasteiger partial charge on any atom is 0.0582 e. The third-order valence-corrected chi connectivity index (χ3v) is 2.23. The summed E-state index contributed by atoms with van der Waals surface area (Å²) in [6.45, 7) is 9.15. The normalized spacial score (nSPS) is 15.9. The molecule has 0 aromatic carbocycles. The fraction of sp³-hybridized carbons (Fsp3) is 1.00. The highest BCUT2D eigenvalue weighted by molar-refractivity contribution is 5.85. The minimum atomic E-state index is -0.0255. The molecule has 0 rings (SSSR count). The summed E-state index contributed by atoms with van der Waals surface area (Å²) in [5.74, 6) is 0.706. The van der Waals surface area contributed by atoms with Gasteiger partial charge in [-0.15, -0.1) is 12.4 Å². The molecule has 2 unspecified atom stereocenters. The zero-order chi connectivity index (χ0) is 10.5. The zero-order valence-corrected chi connectivity index (χ0v) is 10.7. The third-order valence-electron chi connectivity index (χ3n) is 2.23. The van der Waals surface area contributed by atoms with Crippen LogP contribution < -0.4 is 5.73 Å². The van der Waals surface area contributed by atoms with Gasteiger partial charge in [0.1, 0.15) is 0 Å². The lowest BCUT2D eigenvalue weighted by Gasteiger charge is -2.23. The van der Waals surface area contributed by atoms with E-state index in [4.69, 9.17) is 10.8 Å². The van der Waals surface area contributed by atoms with Gasteiger partial charge in [-0.1, -0.05) is 27.7 Å². The smallest absolute Gasteiger partial charge is 0.0582 e. The number of hydrogen-bond donors (Lipinski definition) is 2. The van der Waals surface area contributed by atoms with Crippen molar-refractivity contribution in [3.05, 3.63) is 0 Å². The van der Waals surface area contributed by atoms with Gasteiger partial charge < -0.3 is 10.8 Å². The Morgan fingerprint density at radius 2 is 1.71 bits per heavy atom. The lowest BCUT2D eigenvalue weighted by molar-refractivity contribution is 0.241. The second-order valence-corrected chi connectivity index (χ2v) is 5.39. The summed E-state index contributed by atoms with van der Waals surface area (Å²) in [6.07, 6.45) is 3.29. The molecular formula is C11H26ClNO. The van der Waals surface area contributed by atoms with Crippen molar-refractivity contribution in [1.29, 1.82) is 0 Å². The summed E-state index contributed by atoms with van der Waals surface area (Å²) >= 11 is 0. The van der Waals surface area contributed by atoms with Crippen LogP contribution in [0.3, 0.4) is 0 Å². The van der Waals surface area contributed by atoms with Crippen molar-refractivity contribution >= 4 is 12.4 Å². The highest BCUT2D eigenvalue weighted by Crippen LogP contribution is 2.26. The first kappa shape index (κ1) is 16.6. The van der Waals surface area contributed by atoms with Crippen molar-refractivity contribution in [2.24, 2.45) is 17.1 Å². The molecule has 0 aromatic rings. The Kier molecular flexibility index (Phi) is 8.90. The van der Waals surface area contributed by atoms with Crippen LogP contribution >= 0.6 is 12.4 Å². The molecule has 0 bridgehead atoms. The molecule has 2 nitrogen and oxygen atoms in total. The molecule has 0 heterocycles. The van der Waals surface area contributed by atoms with Gasteiger partial charge in [0.25, 0.3) is 0 Å². The number of nitrogens with two attached hydrogens (primary N) is 1. The SMILES string of the molecule is CC(CCC(N)CO)CC(C)(C)C.Cl. The molecule has 3 heteroatoms. The van der Waals surface area contributed by atoms with Crippen LogP contribution in [0.1, 0.15) is 47.0 Å². The van der Waals surface area contributed by atoms with Crippen molar-refractivity contribution in [3.8, 4) is 0 Å². The van der Waals surface area contributed by atoms with Gasteiger partial charge in [-0.25, -0.2) is 0 Å². The number of rotatable bonds is 5. The number of aliphatic hydroxyl groups excluding tert-OH is 1. The van der Waals surface area contributed by atoms with Crippen LogP contribution in [0, 0.1) is 11.3 Å². The number of aliphatic hydroxyl groups is 1. The largest absolute Gasteiger partial charge is 0.395 e. The van der Waals surface area contributed by atoms with Crippen LogP contribution in [0.2, 0.25) is 0 Å². The Morgan fingerprint density at radius 3 is 2.07 bits per heavy atom. The van der Waals surface area contributed by atoms with Crippen LogP contribution in [0.4, 0.5) is 0 Å². The fourth-order valence-corrected chi connectivity index (χ4v) is 1.74. The van der Waals surface area contributed by atoms with Crippen LogP contribution in [-0.4, -0.2) is 17.8 Å². The van der Waals surface area contributed by atoms with Crippen molar-refractivity contribution in [2.75, 3.05) is 6.61 Å². The van der Waals surface area contributed by atoms with Crippen LogP contribution in [0.5, 0.6) is 0 Å².